The van der Waals surface area contributed by atoms with Gasteiger partial charge in [-0.2, -0.15) is 4.31 Å². The SMILES string of the molecule is CNC(=O)C1CCCCN1S(=O)(=O)CC(C)CCl. The number of halogens is 1. The minimum absolute atomic E-state index is 0.00396. The van der Waals surface area contributed by atoms with Gasteiger partial charge in [0.05, 0.1) is 5.75 Å². The molecule has 0 aromatic carbocycles. The van der Waals surface area contributed by atoms with Crippen molar-refractivity contribution >= 4 is 27.5 Å². The van der Waals surface area contributed by atoms with E-state index in [4.69, 9.17) is 11.6 Å². The van der Waals surface area contributed by atoms with Crippen molar-refractivity contribution in [2.24, 2.45) is 5.92 Å². The predicted molar refractivity (Wildman–Crippen MR) is 72.1 cm³/mol. The molecule has 0 bridgehead atoms. The molecule has 1 saturated heterocycles. The number of piperidine rings is 1. The molecule has 1 N–H and O–H groups in total. The summed E-state index contributed by atoms with van der Waals surface area (Å²) in [6, 6.07) is -0.559. The molecule has 2 unspecified atom stereocenters. The highest BCUT2D eigenvalue weighted by molar-refractivity contribution is 7.89. The van der Waals surface area contributed by atoms with Crippen LogP contribution in [0, 0.1) is 5.92 Å². The van der Waals surface area contributed by atoms with E-state index in [1.54, 1.807) is 6.92 Å². The smallest absolute Gasteiger partial charge is 0.238 e. The maximum atomic E-state index is 12.3. The van der Waals surface area contributed by atoms with Crippen LogP contribution in [0.2, 0.25) is 0 Å². The van der Waals surface area contributed by atoms with Gasteiger partial charge in [-0.05, 0) is 18.8 Å². The van der Waals surface area contributed by atoms with Gasteiger partial charge in [-0.25, -0.2) is 8.42 Å². The first kappa shape index (κ1) is 15.7. The zero-order chi connectivity index (χ0) is 13.8. The van der Waals surface area contributed by atoms with Crippen LogP contribution in [0.3, 0.4) is 0 Å². The fourth-order valence-electron chi connectivity index (χ4n) is 2.17. The van der Waals surface area contributed by atoms with Crippen molar-refractivity contribution in [3.8, 4) is 0 Å². The molecule has 1 fully saturated rings. The molecule has 0 saturated carbocycles. The summed E-state index contributed by atoms with van der Waals surface area (Å²) in [6.45, 7) is 2.22. The zero-order valence-electron chi connectivity index (χ0n) is 10.9. The van der Waals surface area contributed by atoms with E-state index in [-0.39, 0.29) is 17.6 Å². The van der Waals surface area contributed by atoms with E-state index >= 15 is 0 Å². The normalized spacial score (nSPS) is 23.6. The molecular weight excluding hydrogens is 276 g/mol. The Balaban J connectivity index is 2.85. The topological polar surface area (TPSA) is 66.5 Å². The van der Waals surface area contributed by atoms with Crippen LogP contribution in [0.5, 0.6) is 0 Å². The van der Waals surface area contributed by atoms with Crippen molar-refractivity contribution in [2.75, 3.05) is 25.2 Å². The molecule has 0 aliphatic carbocycles. The maximum Gasteiger partial charge on any atom is 0.238 e. The van der Waals surface area contributed by atoms with E-state index in [0.717, 1.165) is 12.8 Å². The van der Waals surface area contributed by atoms with Crippen molar-refractivity contribution in [3.05, 3.63) is 0 Å². The average molecular weight is 297 g/mol. The summed E-state index contributed by atoms with van der Waals surface area (Å²) < 4.78 is 25.9. The number of hydrogen-bond acceptors (Lipinski definition) is 3. The molecule has 0 aromatic rings. The molecule has 1 heterocycles. The van der Waals surface area contributed by atoms with Gasteiger partial charge in [-0.3, -0.25) is 4.79 Å². The Kier molecular flexibility index (Phi) is 5.88. The monoisotopic (exact) mass is 296 g/mol. The third kappa shape index (κ3) is 3.83. The van der Waals surface area contributed by atoms with Crippen molar-refractivity contribution in [1.29, 1.82) is 0 Å². The molecule has 18 heavy (non-hydrogen) atoms. The average Bonchev–Trinajstić information content (AvgIpc) is 2.37. The van der Waals surface area contributed by atoms with Gasteiger partial charge in [0.15, 0.2) is 0 Å². The first-order chi connectivity index (χ1) is 8.42. The van der Waals surface area contributed by atoms with Crippen molar-refractivity contribution in [1.82, 2.24) is 9.62 Å². The third-order valence-corrected chi connectivity index (χ3v) is 5.79. The Hall–Kier alpha value is -0.330. The molecule has 1 amide bonds. The number of carbonyl (C=O) groups excluding carboxylic acids is 1. The molecule has 0 aromatic heterocycles. The zero-order valence-corrected chi connectivity index (χ0v) is 12.4. The summed E-state index contributed by atoms with van der Waals surface area (Å²) in [5, 5.41) is 2.53. The molecule has 1 aliphatic rings. The number of hydrogen-bond donors (Lipinski definition) is 1. The molecule has 2 atom stereocenters. The van der Waals surface area contributed by atoms with Gasteiger partial charge in [0.1, 0.15) is 6.04 Å². The predicted octanol–water partition coefficient (Wildman–Crippen LogP) is 0.792. The van der Waals surface area contributed by atoms with E-state index in [1.807, 2.05) is 0 Å². The van der Waals surface area contributed by atoms with Gasteiger partial charge in [0.25, 0.3) is 0 Å². The van der Waals surface area contributed by atoms with Crippen molar-refractivity contribution in [2.45, 2.75) is 32.2 Å². The van der Waals surface area contributed by atoms with Gasteiger partial charge in [0.2, 0.25) is 15.9 Å². The van der Waals surface area contributed by atoms with Crippen LogP contribution in [-0.2, 0) is 14.8 Å². The molecule has 1 aliphatic heterocycles. The van der Waals surface area contributed by atoms with E-state index in [2.05, 4.69) is 5.32 Å². The number of amides is 1. The summed E-state index contributed by atoms with van der Waals surface area (Å²) in [7, 11) is -1.88. The lowest BCUT2D eigenvalue weighted by Crippen LogP contribution is -2.52. The Bertz CT molecular complexity index is 386. The second kappa shape index (κ2) is 6.73. The fourth-order valence-corrected chi connectivity index (χ4v) is 4.43. The van der Waals surface area contributed by atoms with Crippen molar-refractivity contribution < 1.29 is 13.2 Å². The fraction of sp³-hybridized carbons (Fsp3) is 0.909. The Morgan fingerprint density at radius 1 is 1.50 bits per heavy atom. The minimum Gasteiger partial charge on any atom is -0.358 e. The summed E-state index contributed by atoms with van der Waals surface area (Å²) in [4.78, 5) is 11.7. The number of nitrogens with zero attached hydrogens (tertiary/aromatic N) is 1. The van der Waals surface area contributed by atoms with Crippen molar-refractivity contribution in [3.63, 3.8) is 0 Å². The molecule has 7 heteroatoms. The molecule has 1 rings (SSSR count). The second-order valence-electron chi connectivity index (χ2n) is 4.77. The quantitative estimate of drug-likeness (QED) is 0.763. The van der Waals surface area contributed by atoms with Crippen LogP contribution in [0.15, 0.2) is 0 Å². The molecule has 0 spiro atoms. The summed E-state index contributed by atoms with van der Waals surface area (Å²) in [6.07, 6.45) is 2.28. The molecule has 0 radical (unpaired) electrons. The van der Waals surface area contributed by atoms with Gasteiger partial charge < -0.3 is 5.32 Å². The lowest BCUT2D eigenvalue weighted by atomic mass is 10.0. The highest BCUT2D eigenvalue weighted by atomic mass is 35.5. The summed E-state index contributed by atoms with van der Waals surface area (Å²) in [5.74, 6) is -0.0254. The number of sulfonamides is 1. The highest BCUT2D eigenvalue weighted by Gasteiger charge is 2.36. The Morgan fingerprint density at radius 3 is 2.72 bits per heavy atom. The summed E-state index contributed by atoms with van der Waals surface area (Å²) >= 11 is 5.66. The molecule has 106 valence electrons. The highest BCUT2D eigenvalue weighted by Crippen LogP contribution is 2.22. The van der Waals surface area contributed by atoms with Gasteiger partial charge in [0, 0.05) is 19.5 Å². The molecular formula is C11H21ClN2O3S. The number of likely N-dealkylation sites (N-methyl/N-ethyl adjacent to an activating group) is 1. The maximum absolute atomic E-state index is 12.3. The van der Waals surface area contributed by atoms with Crippen LogP contribution in [0.4, 0.5) is 0 Å². The first-order valence-electron chi connectivity index (χ1n) is 6.19. The van der Waals surface area contributed by atoms with Crippen LogP contribution in [0.1, 0.15) is 26.2 Å². The van der Waals surface area contributed by atoms with Crippen LogP contribution >= 0.6 is 11.6 Å². The van der Waals surface area contributed by atoms with E-state index in [9.17, 15) is 13.2 Å². The van der Waals surface area contributed by atoms with Crippen LogP contribution in [-0.4, -0.2) is 49.9 Å². The lowest BCUT2D eigenvalue weighted by Gasteiger charge is -2.33. The standard InChI is InChI=1S/C11H21ClN2O3S/c1-9(7-12)8-18(16,17)14-6-4-3-5-10(14)11(15)13-2/h9-10H,3-8H2,1-2H3,(H,13,15). The Labute approximate surface area is 114 Å². The van der Waals surface area contributed by atoms with Gasteiger partial charge in [-0.15, -0.1) is 11.6 Å². The van der Waals surface area contributed by atoms with Gasteiger partial charge in [-0.1, -0.05) is 13.3 Å². The van der Waals surface area contributed by atoms with Gasteiger partial charge >= 0.3 is 0 Å². The number of alkyl halides is 1. The second-order valence-corrected chi connectivity index (χ2v) is 7.05. The minimum atomic E-state index is -3.41. The largest absolute Gasteiger partial charge is 0.358 e. The number of carbonyl (C=O) groups is 1. The third-order valence-electron chi connectivity index (χ3n) is 3.12. The van der Waals surface area contributed by atoms with E-state index in [1.165, 1.54) is 11.4 Å². The summed E-state index contributed by atoms with van der Waals surface area (Å²) in [5.41, 5.74) is 0. The van der Waals surface area contributed by atoms with E-state index < -0.39 is 16.1 Å². The van der Waals surface area contributed by atoms with E-state index in [0.29, 0.717) is 18.8 Å². The lowest BCUT2D eigenvalue weighted by molar-refractivity contribution is -0.125. The Morgan fingerprint density at radius 2 is 2.17 bits per heavy atom. The first-order valence-corrected chi connectivity index (χ1v) is 8.33. The molecule has 5 nitrogen and oxygen atoms in total. The number of rotatable bonds is 5. The van der Waals surface area contributed by atoms with Crippen LogP contribution in [0.25, 0.3) is 0 Å². The number of nitrogens with one attached hydrogen (secondary N) is 1. The van der Waals surface area contributed by atoms with Crippen LogP contribution < -0.4 is 5.32 Å².